The second kappa shape index (κ2) is 4.55. The third-order valence-corrected chi connectivity index (χ3v) is 4.16. The summed E-state index contributed by atoms with van der Waals surface area (Å²) >= 11 is 0. The Bertz CT molecular complexity index is 324. The third kappa shape index (κ3) is 2.23. The Morgan fingerprint density at radius 1 is 1.29 bits per heavy atom. The van der Waals surface area contributed by atoms with E-state index in [9.17, 15) is 9.59 Å². The molecule has 0 spiro atoms. The Hall–Kier alpha value is -1.26. The van der Waals surface area contributed by atoms with Crippen molar-refractivity contribution in [2.45, 2.75) is 44.7 Å². The van der Waals surface area contributed by atoms with E-state index in [4.69, 9.17) is 5.11 Å². The Kier molecular flexibility index (Phi) is 3.26. The van der Waals surface area contributed by atoms with Crippen LogP contribution in [0, 0.1) is 5.92 Å². The Morgan fingerprint density at radius 3 is 2.29 bits per heavy atom. The predicted molar refractivity (Wildman–Crippen MR) is 62.7 cm³/mol. The van der Waals surface area contributed by atoms with E-state index in [0.717, 1.165) is 19.4 Å². The Morgan fingerprint density at radius 2 is 1.88 bits per heavy atom. The van der Waals surface area contributed by atoms with E-state index >= 15 is 0 Å². The molecule has 1 N–H and O–H groups in total. The van der Waals surface area contributed by atoms with Crippen molar-refractivity contribution in [1.82, 2.24) is 9.80 Å². The van der Waals surface area contributed by atoms with Gasteiger partial charge in [0, 0.05) is 25.7 Å². The quantitative estimate of drug-likeness (QED) is 0.793. The van der Waals surface area contributed by atoms with Crippen LogP contribution in [0.25, 0.3) is 0 Å². The lowest BCUT2D eigenvalue weighted by atomic mass is 9.85. The van der Waals surface area contributed by atoms with Crippen LogP contribution >= 0.6 is 0 Å². The summed E-state index contributed by atoms with van der Waals surface area (Å²) in [7, 11) is 1.83. The number of hydrogen-bond acceptors (Lipinski definition) is 2. The zero-order chi connectivity index (χ0) is 12.6. The second-order valence-electron chi connectivity index (χ2n) is 5.24. The number of amides is 2. The summed E-state index contributed by atoms with van der Waals surface area (Å²) in [4.78, 5) is 26.5. The number of rotatable bonds is 2. The van der Waals surface area contributed by atoms with E-state index in [1.165, 1.54) is 0 Å². The van der Waals surface area contributed by atoms with Gasteiger partial charge in [-0.2, -0.15) is 0 Å². The molecule has 1 unspecified atom stereocenters. The van der Waals surface area contributed by atoms with Crippen molar-refractivity contribution in [3.63, 3.8) is 0 Å². The molecule has 2 fully saturated rings. The minimum atomic E-state index is -0.693. The molecule has 1 saturated heterocycles. The molecule has 1 saturated carbocycles. The molecule has 0 bridgehead atoms. The largest absolute Gasteiger partial charge is 0.481 e. The third-order valence-electron chi connectivity index (χ3n) is 4.16. The minimum absolute atomic E-state index is 0.0938. The number of carboxylic acid groups (broad SMARTS) is 1. The molecule has 5 nitrogen and oxygen atoms in total. The van der Waals surface area contributed by atoms with E-state index in [0.29, 0.717) is 12.8 Å². The smallest absolute Gasteiger partial charge is 0.320 e. The van der Waals surface area contributed by atoms with Crippen LogP contribution in [0.15, 0.2) is 0 Å². The first kappa shape index (κ1) is 12.2. The SMILES string of the molecule is CC1CN(C2CCC(C(=O)O)CC2)C(=O)N1C. The number of carbonyl (C=O) groups is 2. The van der Waals surface area contributed by atoms with Crippen molar-refractivity contribution >= 4 is 12.0 Å². The Labute approximate surface area is 101 Å². The summed E-state index contributed by atoms with van der Waals surface area (Å²) in [5.41, 5.74) is 0. The first-order valence-corrected chi connectivity index (χ1v) is 6.27. The zero-order valence-electron chi connectivity index (χ0n) is 10.4. The molecule has 0 aromatic heterocycles. The van der Waals surface area contributed by atoms with Gasteiger partial charge in [0.2, 0.25) is 0 Å². The fraction of sp³-hybridized carbons (Fsp3) is 0.833. The fourth-order valence-corrected chi connectivity index (χ4v) is 2.82. The highest BCUT2D eigenvalue weighted by atomic mass is 16.4. The highest BCUT2D eigenvalue weighted by Crippen LogP contribution is 2.30. The van der Waals surface area contributed by atoms with Gasteiger partial charge < -0.3 is 14.9 Å². The standard InChI is InChI=1S/C12H20N2O3/c1-8-7-14(12(17)13(8)2)10-5-3-9(4-6-10)11(15)16/h8-10H,3-7H2,1-2H3,(H,15,16). The van der Waals surface area contributed by atoms with Gasteiger partial charge in [0.1, 0.15) is 0 Å². The zero-order valence-corrected chi connectivity index (χ0v) is 10.4. The van der Waals surface area contributed by atoms with E-state index in [1.807, 2.05) is 18.9 Å². The van der Waals surface area contributed by atoms with Crippen molar-refractivity contribution in [1.29, 1.82) is 0 Å². The van der Waals surface area contributed by atoms with Gasteiger partial charge in [0.15, 0.2) is 0 Å². The van der Waals surface area contributed by atoms with Crippen LogP contribution in [-0.2, 0) is 4.79 Å². The summed E-state index contributed by atoms with van der Waals surface area (Å²) in [5.74, 6) is -0.902. The van der Waals surface area contributed by atoms with E-state index in [1.54, 1.807) is 4.90 Å². The topological polar surface area (TPSA) is 60.9 Å². The molecule has 0 radical (unpaired) electrons. The first-order valence-electron chi connectivity index (χ1n) is 6.27. The number of urea groups is 1. The molecule has 5 heteroatoms. The highest BCUT2D eigenvalue weighted by molar-refractivity contribution is 5.77. The summed E-state index contributed by atoms with van der Waals surface area (Å²) in [5, 5.41) is 8.94. The van der Waals surface area contributed by atoms with Crippen LogP contribution in [0.4, 0.5) is 4.79 Å². The van der Waals surface area contributed by atoms with Gasteiger partial charge in [-0.15, -0.1) is 0 Å². The van der Waals surface area contributed by atoms with Crippen molar-refractivity contribution in [2.24, 2.45) is 5.92 Å². The summed E-state index contributed by atoms with van der Waals surface area (Å²) in [6, 6.07) is 0.599. The summed E-state index contributed by atoms with van der Waals surface area (Å²) in [6.45, 7) is 2.82. The maximum Gasteiger partial charge on any atom is 0.320 e. The van der Waals surface area contributed by atoms with E-state index in [-0.39, 0.29) is 24.0 Å². The molecule has 1 aliphatic carbocycles. The number of hydrogen-bond donors (Lipinski definition) is 1. The molecule has 1 heterocycles. The minimum Gasteiger partial charge on any atom is -0.481 e. The van der Waals surface area contributed by atoms with Gasteiger partial charge in [0.05, 0.1) is 5.92 Å². The molecule has 2 rings (SSSR count). The molecule has 0 aromatic rings. The summed E-state index contributed by atoms with van der Waals surface area (Å²) < 4.78 is 0. The average Bonchev–Trinajstić information content (AvgIpc) is 2.57. The van der Waals surface area contributed by atoms with Gasteiger partial charge in [-0.05, 0) is 32.6 Å². The monoisotopic (exact) mass is 240 g/mol. The van der Waals surface area contributed by atoms with Crippen LogP contribution in [0.3, 0.4) is 0 Å². The molecule has 2 amide bonds. The van der Waals surface area contributed by atoms with Crippen molar-refractivity contribution in [3.8, 4) is 0 Å². The van der Waals surface area contributed by atoms with Gasteiger partial charge in [-0.1, -0.05) is 0 Å². The fourth-order valence-electron chi connectivity index (χ4n) is 2.82. The van der Waals surface area contributed by atoms with Crippen molar-refractivity contribution < 1.29 is 14.7 Å². The number of aliphatic carboxylic acids is 1. The molecule has 96 valence electrons. The van der Waals surface area contributed by atoms with Gasteiger partial charge in [-0.3, -0.25) is 4.79 Å². The van der Waals surface area contributed by atoms with Crippen LogP contribution in [0.1, 0.15) is 32.6 Å². The predicted octanol–water partition coefficient (Wildman–Crippen LogP) is 1.39. The Balaban J connectivity index is 1.93. The molecule has 1 atom stereocenters. The lowest BCUT2D eigenvalue weighted by Crippen LogP contribution is -2.41. The average molecular weight is 240 g/mol. The molecular formula is C12H20N2O3. The molecule has 0 aromatic carbocycles. The van der Waals surface area contributed by atoms with Gasteiger partial charge >= 0.3 is 12.0 Å². The number of carboxylic acids is 1. The van der Waals surface area contributed by atoms with Gasteiger partial charge in [-0.25, -0.2) is 4.79 Å². The van der Waals surface area contributed by atoms with Crippen LogP contribution in [0.5, 0.6) is 0 Å². The maximum atomic E-state index is 12.0. The number of likely N-dealkylation sites (N-methyl/N-ethyl adjacent to an activating group) is 1. The lowest BCUT2D eigenvalue weighted by molar-refractivity contribution is -0.143. The number of nitrogens with zero attached hydrogens (tertiary/aromatic N) is 2. The van der Waals surface area contributed by atoms with E-state index < -0.39 is 5.97 Å². The van der Waals surface area contributed by atoms with Gasteiger partial charge in [0.25, 0.3) is 0 Å². The molecule has 1 aliphatic heterocycles. The van der Waals surface area contributed by atoms with Crippen LogP contribution in [0.2, 0.25) is 0 Å². The maximum absolute atomic E-state index is 12.0. The normalized spacial score (nSPS) is 34.2. The van der Waals surface area contributed by atoms with Crippen LogP contribution in [-0.4, -0.2) is 52.6 Å². The van der Waals surface area contributed by atoms with E-state index in [2.05, 4.69) is 0 Å². The molecular weight excluding hydrogens is 220 g/mol. The first-order chi connectivity index (χ1) is 8.00. The van der Waals surface area contributed by atoms with Crippen LogP contribution < -0.4 is 0 Å². The lowest BCUT2D eigenvalue weighted by Gasteiger charge is -2.32. The summed E-state index contributed by atoms with van der Waals surface area (Å²) in [6.07, 6.45) is 3.04. The van der Waals surface area contributed by atoms with Crippen molar-refractivity contribution in [3.05, 3.63) is 0 Å². The highest BCUT2D eigenvalue weighted by Gasteiger charge is 2.38. The van der Waals surface area contributed by atoms with Crippen molar-refractivity contribution in [2.75, 3.05) is 13.6 Å². The molecule has 2 aliphatic rings. The molecule has 17 heavy (non-hydrogen) atoms. The number of carbonyl (C=O) groups excluding carboxylic acids is 1. The second-order valence-corrected chi connectivity index (χ2v) is 5.24.